The second-order valence-corrected chi connectivity index (χ2v) is 9.49. The van der Waals surface area contributed by atoms with Gasteiger partial charge in [-0.25, -0.2) is 0 Å². The quantitative estimate of drug-likeness (QED) is 0.480. The van der Waals surface area contributed by atoms with Crippen molar-refractivity contribution in [1.82, 2.24) is 4.90 Å². The molecule has 3 aliphatic heterocycles. The molecular formula is C25H39NO4. The third kappa shape index (κ3) is 5.25. The molecule has 5 atom stereocenters. The maximum atomic E-state index is 6.43. The van der Waals surface area contributed by atoms with Crippen LogP contribution < -0.4 is 0 Å². The molecule has 168 valence electrons. The van der Waals surface area contributed by atoms with Gasteiger partial charge in [-0.05, 0) is 38.8 Å². The Bertz CT molecular complexity index is 652. The molecule has 1 aromatic rings. The maximum absolute atomic E-state index is 6.43. The monoisotopic (exact) mass is 417 g/mol. The summed E-state index contributed by atoms with van der Waals surface area (Å²) in [6, 6.07) is 10.8. The first-order chi connectivity index (χ1) is 14.6. The summed E-state index contributed by atoms with van der Waals surface area (Å²) in [4.78, 5) is 2.58. The largest absolute Gasteiger partial charge is 0.368 e. The number of benzene rings is 1. The molecule has 3 heterocycles. The SMILES string of the molecule is CCCCCCCCN1CC[C@@H]1[C@H]1O[C@@H]2OC(C)(C)O[C@@H]2[C@H]1OCc1ccccc1. The van der Waals surface area contributed by atoms with E-state index in [4.69, 9.17) is 18.9 Å². The van der Waals surface area contributed by atoms with Crippen LogP contribution in [0.25, 0.3) is 0 Å². The molecule has 0 aliphatic carbocycles. The molecule has 3 aliphatic rings. The van der Waals surface area contributed by atoms with Gasteiger partial charge in [0.25, 0.3) is 0 Å². The van der Waals surface area contributed by atoms with Crippen molar-refractivity contribution in [3.05, 3.63) is 35.9 Å². The lowest BCUT2D eigenvalue weighted by molar-refractivity contribution is -0.231. The summed E-state index contributed by atoms with van der Waals surface area (Å²) in [6.07, 6.45) is 8.57. The highest BCUT2D eigenvalue weighted by Gasteiger charge is 2.58. The van der Waals surface area contributed by atoms with E-state index < -0.39 is 5.79 Å². The standard InChI is InChI=1S/C25H39NO4/c1-4-5-6-7-8-12-16-26-17-15-20(26)21-22(27-18-19-13-10-9-11-14-19)23-24(28-21)30-25(2,3)29-23/h9-11,13-14,20-24H,4-8,12,15-18H2,1-3H3/t20-,21-,22+,23-,24-/m1/s1. The van der Waals surface area contributed by atoms with Gasteiger partial charge in [-0.1, -0.05) is 69.4 Å². The molecule has 4 rings (SSSR count). The molecule has 30 heavy (non-hydrogen) atoms. The van der Waals surface area contributed by atoms with Crippen molar-refractivity contribution in [2.75, 3.05) is 13.1 Å². The van der Waals surface area contributed by atoms with E-state index in [1.54, 1.807) is 0 Å². The minimum absolute atomic E-state index is 0.00801. The minimum atomic E-state index is -0.619. The number of fused-ring (bicyclic) bond motifs is 1. The number of nitrogens with zero attached hydrogens (tertiary/aromatic N) is 1. The van der Waals surface area contributed by atoms with Crippen LogP contribution in [0.1, 0.15) is 71.3 Å². The smallest absolute Gasteiger partial charge is 0.190 e. The fourth-order valence-corrected chi connectivity index (χ4v) is 4.98. The molecule has 0 spiro atoms. The summed E-state index contributed by atoms with van der Waals surface area (Å²) in [6.45, 7) is 9.06. The van der Waals surface area contributed by atoms with Gasteiger partial charge in [-0.3, -0.25) is 4.90 Å². The number of likely N-dealkylation sites (tertiary alicyclic amines) is 1. The highest BCUT2D eigenvalue weighted by Crippen LogP contribution is 2.42. The third-order valence-electron chi connectivity index (χ3n) is 6.67. The van der Waals surface area contributed by atoms with Gasteiger partial charge in [0.05, 0.1) is 6.61 Å². The van der Waals surface area contributed by atoms with E-state index in [1.165, 1.54) is 44.1 Å². The van der Waals surface area contributed by atoms with Gasteiger partial charge in [-0.2, -0.15) is 0 Å². The molecule has 5 heteroatoms. The van der Waals surface area contributed by atoms with E-state index in [1.807, 2.05) is 19.9 Å². The summed E-state index contributed by atoms with van der Waals surface area (Å²) in [7, 11) is 0. The summed E-state index contributed by atoms with van der Waals surface area (Å²) in [5, 5.41) is 0. The zero-order chi connectivity index (χ0) is 21.0. The molecule has 0 bridgehead atoms. The van der Waals surface area contributed by atoms with Gasteiger partial charge in [0, 0.05) is 12.6 Å². The van der Waals surface area contributed by atoms with E-state index in [-0.39, 0.29) is 24.6 Å². The van der Waals surface area contributed by atoms with Crippen molar-refractivity contribution in [3.63, 3.8) is 0 Å². The van der Waals surface area contributed by atoms with Crippen LogP contribution in [-0.4, -0.2) is 54.4 Å². The minimum Gasteiger partial charge on any atom is -0.368 e. The Labute approximate surface area is 182 Å². The lowest BCUT2D eigenvalue weighted by Crippen LogP contribution is -2.58. The number of hydrogen-bond donors (Lipinski definition) is 0. The third-order valence-corrected chi connectivity index (χ3v) is 6.67. The van der Waals surface area contributed by atoms with Gasteiger partial charge >= 0.3 is 0 Å². The Morgan fingerprint density at radius 1 is 1.00 bits per heavy atom. The fraction of sp³-hybridized carbons (Fsp3) is 0.760. The summed E-state index contributed by atoms with van der Waals surface area (Å²) in [5.74, 6) is -0.619. The molecule has 3 saturated heterocycles. The predicted molar refractivity (Wildman–Crippen MR) is 117 cm³/mol. The summed E-state index contributed by atoms with van der Waals surface area (Å²) >= 11 is 0. The van der Waals surface area contributed by atoms with Gasteiger partial charge in [0.1, 0.15) is 18.3 Å². The molecule has 0 radical (unpaired) electrons. The van der Waals surface area contributed by atoms with Crippen LogP contribution in [0.2, 0.25) is 0 Å². The molecule has 0 unspecified atom stereocenters. The molecule has 5 nitrogen and oxygen atoms in total. The predicted octanol–water partition coefficient (Wildman–Crippen LogP) is 4.88. The van der Waals surface area contributed by atoms with Crippen LogP contribution in [0.3, 0.4) is 0 Å². The Morgan fingerprint density at radius 2 is 1.77 bits per heavy atom. The second-order valence-electron chi connectivity index (χ2n) is 9.49. The van der Waals surface area contributed by atoms with Crippen molar-refractivity contribution in [2.24, 2.45) is 0 Å². The molecule has 0 saturated carbocycles. The first-order valence-electron chi connectivity index (χ1n) is 12.0. The van der Waals surface area contributed by atoms with E-state index in [2.05, 4.69) is 36.1 Å². The van der Waals surface area contributed by atoms with E-state index in [9.17, 15) is 0 Å². The zero-order valence-corrected chi connectivity index (χ0v) is 18.9. The van der Waals surface area contributed by atoms with E-state index in [0.29, 0.717) is 12.6 Å². The van der Waals surface area contributed by atoms with Crippen LogP contribution in [0.4, 0.5) is 0 Å². The Morgan fingerprint density at radius 3 is 2.50 bits per heavy atom. The van der Waals surface area contributed by atoms with Crippen LogP contribution in [-0.2, 0) is 25.6 Å². The molecule has 1 aromatic carbocycles. The molecular weight excluding hydrogens is 378 g/mol. The molecule has 0 aromatic heterocycles. The number of unbranched alkanes of at least 4 members (excludes halogenated alkanes) is 5. The Hall–Kier alpha value is -0.980. The molecule has 3 fully saturated rings. The summed E-state index contributed by atoms with van der Waals surface area (Å²) < 4.78 is 25.1. The normalized spacial score (nSPS) is 32.8. The van der Waals surface area contributed by atoms with E-state index >= 15 is 0 Å². The highest BCUT2D eigenvalue weighted by molar-refractivity contribution is 5.14. The van der Waals surface area contributed by atoms with Gasteiger partial charge < -0.3 is 18.9 Å². The summed E-state index contributed by atoms with van der Waals surface area (Å²) in [5.41, 5.74) is 1.18. The second kappa shape index (κ2) is 10.1. The zero-order valence-electron chi connectivity index (χ0n) is 18.9. The number of rotatable bonds is 11. The topological polar surface area (TPSA) is 40.2 Å². The van der Waals surface area contributed by atoms with Gasteiger partial charge in [0.2, 0.25) is 0 Å². The highest BCUT2D eigenvalue weighted by atomic mass is 16.8. The van der Waals surface area contributed by atoms with Crippen molar-refractivity contribution >= 4 is 0 Å². The maximum Gasteiger partial charge on any atom is 0.190 e. The van der Waals surface area contributed by atoms with Crippen molar-refractivity contribution in [1.29, 1.82) is 0 Å². The van der Waals surface area contributed by atoms with Gasteiger partial charge in [0.15, 0.2) is 12.1 Å². The van der Waals surface area contributed by atoms with Gasteiger partial charge in [-0.15, -0.1) is 0 Å². The number of ether oxygens (including phenoxy) is 4. The first-order valence-corrected chi connectivity index (χ1v) is 12.0. The van der Waals surface area contributed by atoms with Crippen LogP contribution in [0, 0.1) is 0 Å². The lowest BCUT2D eigenvalue weighted by atomic mass is 9.92. The Balaban J connectivity index is 1.33. The van der Waals surface area contributed by atoms with Crippen LogP contribution >= 0.6 is 0 Å². The van der Waals surface area contributed by atoms with E-state index in [0.717, 1.165) is 19.5 Å². The van der Waals surface area contributed by atoms with Crippen LogP contribution in [0.5, 0.6) is 0 Å². The average Bonchev–Trinajstić information content (AvgIpc) is 3.17. The van der Waals surface area contributed by atoms with Crippen molar-refractivity contribution in [2.45, 2.75) is 109 Å². The lowest BCUT2D eigenvalue weighted by Gasteiger charge is -2.45. The fourth-order valence-electron chi connectivity index (χ4n) is 4.98. The Kier molecular flexibility index (Phi) is 7.48. The number of hydrogen-bond acceptors (Lipinski definition) is 5. The molecule has 0 N–H and O–H groups in total. The average molecular weight is 418 g/mol. The van der Waals surface area contributed by atoms with Crippen molar-refractivity contribution in [3.8, 4) is 0 Å². The van der Waals surface area contributed by atoms with Crippen molar-refractivity contribution < 1.29 is 18.9 Å². The molecule has 0 amide bonds. The first kappa shape index (κ1) is 22.2. The van der Waals surface area contributed by atoms with Crippen LogP contribution in [0.15, 0.2) is 30.3 Å².